The third-order valence-electron chi connectivity index (χ3n) is 0. The molecular formula is CsSmTiW. The van der Waals surface area contributed by atoms with Gasteiger partial charge in [-0.15, -0.1) is 0 Å². The fourth-order valence-electron chi connectivity index (χ4n) is 0. The normalized spacial score (nSPS) is 0. The van der Waals surface area contributed by atoms with Gasteiger partial charge in [0.25, 0.3) is 0 Å². The van der Waals surface area contributed by atoms with E-state index in [9.17, 15) is 0 Å². The fraction of sp³-hybridized carbons (Fsp3) is 0. The summed E-state index contributed by atoms with van der Waals surface area (Å²) < 4.78 is 0. The van der Waals surface area contributed by atoms with Gasteiger partial charge in [0.15, 0.2) is 0 Å². The molecule has 0 saturated heterocycles. The molecule has 0 unspecified atom stereocenters. The summed E-state index contributed by atoms with van der Waals surface area (Å²) in [5, 5.41) is 0. The molecule has 4 heteroatoms. The topological polar surface area (TPSA) is 0 Å². The van der Waals surface area contributed by atoms with Crippen molar-refractivity contribution in [2.75, 3.05) is 0 Å². The van der Waals surface area contributed by atoms with Crippen LogP contribution in [0.3, 0.4) is 0 Å². The van der Waals surface area contributed by atoms with Crippen molar-refractivity contribution in [3.8, 4) is 0 Å². The van der Waals surface area contributed by atoms with Gasteiger partial charge in [-0.05, 0) is 0 Å². The molecule has 0 aromatic heterocycles. The summed E-state index contributed by atoms with van der Waals surface area (Å²) in [6.45, 7) is 0. The third kappa shape index (κ3) is 9.92. The molecule has 4 heavy (non-hydrogen) atoms. The van der Waals surface area contributed by atoms with E-state index in [0.29, 0.717) is 0 Å². The van der Waals surface area contributed by atoms with Crippen molar-refractivity contribution in [3.63, 3.8) is 0 Å². The van der Waals surface area contributed by atoms with Crippen molar-refractivity contribution in [2.24, 2.45) is 0 Å². The molecule has 0 aromatic carbocycles. The van der Waals surface area contributed by atoms with Crippen molar-refractivity contribution >= 4 is 68.9 Å². The first-order chi connectivity index (χ1) is 0. The Morgan fingerprint density at radius 2 is 1.00 bits per heavy atom. The van der Waals surface area contributed by atoms with Crippen LogP contribution in [0.15, 0.2) is 0 Å². The van der Waals surface area contributed by atoms with Crippen LogP contribution >= 0.6 is 0 Å². The van der Waals surface area contributed by atoms with Gasteiger partial charge in [-0.2, -0.15) is 0 Å². The van der Waals surface area contributed by atoms with Crippen LogP contribution in [0.2, 0.25) is 0 Å². The van der Waals surface area contributed by atoms with Crippen molar-refractivity contribution in [1.82, 2.24) is 0 Å². The minimum absolute atomic E-state index is 0. The number of rotatable bonds is 0. The first kappa shape index (κ1) is 23.2. The van der Waals surface area contributed by atoms with Gasteiger partial charge in [-0.1, -0.05) is 0 Å². The molecule has 0 spiro atoms. The van der Waals surface area contributed by atoms with Crippen LogP contribution in [0.4, 0.5) is 0 Å². The van der Waals surface area contributed by atoms with Crippen molar-refractivity contribution in [2.45, 2.75) is 0 Å². The van der Waals surface area contributed by atoms with Crippen molar-refractivity contribution in [1.29, 1.82) is 0 Å². The Hall–Kier alpha value is 4.79. The van der Waals surface area contributed by atoms with E-state index in [1.807, 2.05) is 0 Å². The molecule has 0 atom stereocenters. The van der Waals surface area contributed by atoms with E-state index in [1.165, 1.54) is 0 Å². The molecule has 0 aliphatic rings. The van der Waals surface area contributed by atoms with Crippen LogP contribution in [0.1, 0.15) is 0 Å². The maximum atomic E-state index is 0. The van der Waals surface area contributed by atoms with Crippen molar-refractivity contribution in [3.05, 3.63) is 0 Å². The second-order valence-electron chi connectivity index (χ2n) is 0. The van der Waals surface area contributed by atoms with Gasteiger partial charge in [0.2, 0.25) is 0 Å². The van der Waals surface area contributed by atoms with E-state index in [4.69, 9.17) is 0 Å². The summed E-state index contributed by atoms with van der Waals surface area (Å²) in [6, 6.07) is 0. The van der Waals surface area contributed by atoms with E-state index in [-0.39, 0.29) is 152 Å². The standard InChI is InChI=1S/Cs.Sm.Ti.W. The third-order valence-corrected chi connectivity index (χ3v) is 0. The zero-order valence-corrected chi connectivity index (χ0v) is 15.7. The maximum absolute atomic E-state index is 0. The minimum Gasteiger partial charge on any atom is 0 e. The molecular weight excluding hydrogens is 515 g/mol. The fourth-order valence-corrected chi connectivity index (χ4v) is 0. The molecule has 0 nitrogen and oxygen atoms in total. The van der Waals surface area contributed by atoms with Crippen LogP contribution in [0.5, 0.6) is 0 Å². The summed E-state index contributed by atoms with van der Waals surface area (Å²) in [5.74, 6) is 0. The molecule has 0 aliphatic carbocycles. The van der Waals surface area contributed by atoms with Crippen LogP contribution < -0.4 is 0 Å². The maximum Gasteiger partial charge on any atom is 0 e. The molecule has 0 fully saturated rings. The Morgan fingerprint density at radius 1 is 1.00 bits per heavy atom. The molecule has 17 valence electrons. The number of hydrogen-bond donors (Lipinski definition) is 0. The predicted molar refractivity (Wildman–Crippen MR) is 5.75 cm³/mol. The first-order valence-electron chi connectivity index (χ1n) is 0. The van der Waals surface area contributed by atoms with Gasteiger partial charge >= 0.3 is 0 Å². The van der Waals surface area contributed by atoms with Crippen LogP contribution in [0.25, 0.3) is 0 Å². The van der Waals surface area contributed by atoms with Crippen LogP contribution in [-0.2, 0) is 42.8 Å². The Bertz CT molecular complexity index is 8.00. The summed E-state index contributed by atoms with van der Waals surface area (Å²) in [6.07, 6.45) is 0. The molecule has 1 radical (unpaired) electrons. The Kier molecular flexibility index (Phi) is 91.0. The largest absolute Gasteiger partial charge is 0 e. The van der Waals surface area contributed by atoms with Gasteiger partial charge in [-0.25, -0.2) is 0 Å². The summed E-state index contributed by atoms with van der Waals surface area (Å²) in [7, 11) is 0. The van der Waals surface area contributed by atoms with Crippen LogP contribution in [-0.4, -0.2) is 68.9 Å². The minimum atomic E-state index is 0. The molecule has 0 N–H and O–H groups in total. The quantitative estimate of drug-likeness (QED) is 0.387. The van der Waals surface area contributed by atoms with E-state index in [0.717, 1.165) is 0 Å². The van der Waals surface area contributed by atoms with E-state index in [1.54, 1.807) is 0 Å². The molecule has 0 aliphatic heterocycles. The summed E-state index contributed by atoms with van der Waals surface area (Å²) in [4.78, 5) is 0. The molecule has 0 amide bonds. The predicted octanol–water partition coefficient (Wildman–Crippen LogP) is -0.386. The average molecular weight is 515 g/mol. The average Bonchev–Trinajstić information content (AvgIpc) is 0. The Labute approximate surface area is 147 Å². The smallest absolute Gasteiger partial charge is 0 e. The van der Waals surface area contributed by atoms with Crippen LogP contribution in [0, 0.1) is 40.4 Å². The number of hydrogen-bond acceptors (Lipinski definition) is 0. The molecule has 0 bridgehead atoms. The Balaban J connectivity index is 0. The monoisotopic (exact) mass is 517 g/mol. The zero-order chi connectivity index (χ0) is 0. The van der Waals surface area contributed by atoms with Gasteiger partial charge in [-0.3, -0.25) is 0 Å². The zero-order valence-electron chi connectivity index (χ0n) is 2.32. The van der Waals surface area contributed by atoms with E-state index in [2.05, 4.69) is 0 Å². The molecule has 0 rings (SSSR count). The molecule has 0 heterocycles. The van der Waals surface area contributed by atoms with E-state index >= 15 is 0 Å². The van der Waals surface area contributed by atoms with Gasteiger partial charge in [0.1, 0.15) is 0 Å². The van der Waals surface area contributed by atoms with Gasteiger partial charge < -0.3 is 0 Å². The Morgan fingerprint density at radius 3 is 1.00 bits per heavy atom. The van der Waals surface area contributed by atoms with Crippen molar-refractivity contribution < 1.29 is 83.2 Å². The first-order valence-corrected chi connectivity index (χ1v) is 0. The second kappa shape index (κ2) is 15.7. The SMILES string of the molecule is [Cs].[Sm].[Ti].[W]. The van der Waals surface area contributed by atoms with Gasteiger partial charge in [0.05, 0.1) is 0 Å². The van der Waals surface area contributed by atoms with E-state index < -0.39 is 0 Å². The molecule has 0 aromatic rings. The summed E-state index contributed by atoms with van der Waals surface area (Å²) in [5.41, 5.74) is 0. The molecule has 0 saturated carbocycles. The summed E-state index contributed by atoms with van der Waals surface area (Å²) >= 11 is 0. The second-order valence-corrected chi connectivity index (χ2v) is 0. The van der Waals surface area contributed by atoms with Gasteiger partial charge in [0, 0.05) is 152 Å².